The van der Waals surface area contributed by atoms with E-state index in [9.17, 15) is 39.9 Å². The zero-order chi connectivity index (χ0) is 30.0. The standard InChI is InChI=1S/C30H38N3O8/c1-4-5-13-6-9-15(10-7-13)32-17-11-8-14-12-16-19(25(36)18(14)24(17)35)27(38)30(41)21(23(16)34)22(33(2)3)26(37)20(28(30)39)29(31)40/h8,11-13,15-16,21-23,32,34-36,39,41H,4-7,9-10H2,1-3H3,(H2,31,40)/t13?,15?,16-,21-,22+,23+,30+/m1/s1. The van der Waals surface area contributed by atoms with E-state index in [0.717, 1.165) is 32.1 Å². The number of amides is 1. The minimum Gasteiger partial charge on any atom is -0.508 e. The number of aliphatic hydroxyl groups is 4. The molecule has 5 rings (SSSR count). The summed E-state index contributed by atoms with van der Waals surface area (Å²) in [7, 11) is 2.93. The fourth-order valence-electron chi connectivity index (χ4n) is 7.35. The van der Waals surface area contributed by atoms with Crippen molar-refractivity contribution in [3.63, 3.8) is 0 Å². The quantitative estimate of drug-likeness (QED) is 0.196. The smallest absolute Gasteiger partial charge is 0.255 e. The van der Waals surface area contributed by atoms with E-state index >= 15 is 0 Å². The minimum absolute atomic E-state index is 0.0573. The highest BCUT2D eigenvalue weighted by atomic mass is 16.4. The molecule has 0 heterocycles. The van der Waals surface area contributed by atoms with Gasteiger partial charge in [0.2, 0.25) is 5.78 Å². The van der Waals surface area contributed by atoms with Gasteiger partial charge >= 0.3 is 0 Å². The SMILES string of the molecule is CCCC1CCC(Nc2ccc3c(c2O)C(O)=C2C(=O)[C@]4(O)C(O)=C(C(N)=O)C(=O)[C@@H](N(C)C)[C@@H]4[C@@H](O)[C@@H]2[CH]3)CC1. The summed E-state index contributed by atoms with van der Waals surface area (Å²) in [6, 6.07) is 2.07. The normalized spacial score (nSPS) is 33.4. The van der Waals surface area contributed by atoms with Crippen molar-refractivity contribution >= 4 is 28.9 Å². The minimum atomic E-state index is -2.93. The molecule has 11 nitrogen and oxygen atoms in total. The van der Waals surface area contributed by atoms with Crippen LogP contribution < -0.4 is 11.1 Å². The Bertz CT molecular complexity index is 1360. The Morgan fingerprint density at radius 3 is 2.37 bits per heavy atom. The maximum atomic E-state index is 14.0. The largest absolute Gasteiger partial charge is 0.508 e. The molecule has 0 aromatic heterocycles. The van der Waals surface area contributed by atoms with Crippen molar-refractivity contribution in [3.05, 3.63) is 46.6 Å². The molecule has 1 aromatic rings. The Balaban J connectivity index is 1.57. The molecular formula is C30H38N3O8. The number of fused-ring (bicyclic) bond motifs is 3. The predicted molar refractivity (Wildman–Crippen MR) is 150 cm³/mol. The number of aromatic hydroxyl groups is 1. The van der Waals surface area contributed by atoms with Crippen molar-refractivity contribution in [2.24, 2.45) is 23.5 Å². The molecule has 8 N–H and O–H groups in total. The van der Waals surface area contributed by atoms with E-state index in [4.69, 9.17) is 5.73 Å². The van der Waals surface area contributed by atoms with Crippen molar-refractivity contribution < 1.29 is 39.9 Å². The average Bonchev–Trinajstić information content (AvgIpc) is 2.91. The third kappa shape index (κ3) is 4.33. The van der Waals surface area contributed by atoms with E-state index in [-0.39, 0.29) is 17.4 Å². The van der Waals surface area contributed by atoms with Crippen molar-refractivity contribution in [1.82, 2.24) is 4.90 Å². The monoisotopic (exact) mass is 568 g/mol. The molecule has 5 atom stereocenters. The number of carbonyl (C=O) groups is 3. The van der Waals surface area contributed by atoms with Crippen LogP contribution in [0.3, 0.4) is 0 Å². The summed E-state index contributed by atoms with van der Waals surface area (Å²) in [5.41, 5.74) is 1.69. The molecule has 2 saturated carbocycles. The van der Waals surface area contributed by atoms with Crippen LogP contribution in [0.1, 0.15) is 56.6 Å². The molecule has 11 heteroatoms. The Kier molecular flexibility index (Phi) is 7.42. The lowest BCUT2D eigenvalue weighted by molar-refractivity contribution is -0.167. The van der Waals surface area contributed by atoms with Crippen LogP contribution in [0.5, 0.6) is 5.75 Å². The molecule has 221 valence electrons. The molecule has 4 aliphatic rings. The second-order valence-corrected chi connectivity index (χ2v) is 12.0. The summed E-state index contributed by atoms with van der Waals surface area (Å²) >= 11 is 0. The number of benzene rings is 1. The summed E-state index contributed by atoms with van der Waals surface area (Å²) < 4.78 is 0. The first-order chi connectivity index (χ1) is 19.3. The third-order valence-electron chi connectivity index (χ3n) is 9.36. The van der Waals surface area contributed by atoms with Gasteiger partial charge in [0.05, 0.1) is 29.3 Å². The molecule has 0 aliphatic heterocycles. The van der Waals surface area contributed by atoms with E-state index < -0.39 is 69.7 Å². The fourth-order valence-corrected chi connectivity index (χ4v) is 7.35. The highest BCUT2D eigenvalue weighted by molar-refractivity contribution is 6.24. The van der Waals surface area contributed by atoms with Gasteiger partial charge < -0.3 is 36.6 Å². The van der Waals surface area contributed by atoms with Crippen LogP contribution >= 0.6 is 0 Å². The summed E-state index contributed by atoms with van der Waals surface area (Å²) in [6.07, 6.45) is 6.21. The lowest BCUT2D eigenvalue weighted by atomic mass is 9.56. The second-order valence-electron chi connectivity index (χ2n) is 12.0. The Morgan fingerprint density at radius 2 is 1.78 bits per heavy atom. The number of hydrogen-bond acceptors (Lipinski definition) is 10. The van der Waals surface area contributed by atoms with Crippen molar-refractivity contribution in [2.45, 2.75) is 69.2 Å². The maximum absolute atomic E-state index is 14.0. The summed E-state index contributed by atoms with van der Waals surface area (Å²) in [6.45, 7) is 2.18. The number of anilines is 1. The van der Waals surface area contributed by atoms with Crippen LogP contribution in [-0.4, -0.2) is 85.8 Å². The number of likely N-dealkylation sites (N-methyl/N-ethyl adjacent to an activating group) is 1. The van der Waals surface area contributed by atoms with Crippen LogP contribution in [0.25, 0.3) is 5.76 Å². The molecule has 0 spiro atoms. The second kappa shape index (κ2) is 10.5. The van der Waals surface area contributed by atoms with Gasteiger partial charge in [-0.3, -0.25) is 19.3 Å². The van der Waals surface area contributed by atoms with Gasteiger partial charge in [0.25, 0.3) is 5.91 Å². The van der Waals surface area contributed by atoms with Gasteiger partial charge in [-0.15, -0.1) is 0 Å². The number of nitrogens with zero attached hydrogens (tertiary/aromatic N) is 1. The average molecular weight is 569 g/mol. The van der Waals surface area contributed by atoms with Gasteiger partial charge in [0.1, 0.15) is 22.8 Å². The highest BCUT2D eigenvalue weighted by Crippen LogP contribution is 2.54. The molecule has 0 saturated heterocycles. The maximum Gasteiger partial charge on any atom is 0.255 e. The van der Waals surface area contributed by atoms with Gasteiger partial charge in [-0.05, 0) is 57.3 Å². The molecule has 4 aliphatic carbocycles. The third-order valence-corrected chi connectivity index (χ3v) is 9.36. The van der Waals surface area contributed by atoms with E-state index in [1.807, 2.05) is 0 Å². The lowest BCUT2D eigenvalue weighted by Crippen LogP contribution is -2.70. The van der Waals surface area contributed by atoms with Crippen LogP contribution in [0.4, 0.5) is 5.69 Å². The van der Waals surface area contributed by atoms with Gasteiger partial charge in [0.15, 0.2) is 11.4 Å². The Labute approximate surface area is 238 Å². The number of Topliss-reactive ketones (excluding diaryl/α,β-unsaturated/α-hetero) is 2. The van der Waals surface area contributed by atoms with E-state index in [0.29, 0.717) is 17.2 Å². The number of ketones is 2. The zero-order valence-corrected chi connectivity index (χ0v) is 23.4. The van der Waals surface area contributed by atoms with Gasteiger partial charge in [0, 0.05) is 24.0 Å². The number of nitrogens with one attached hydrogen (secondary N) is 1. The zero-order valence-electron chi connectivity index (χ0n) is 23.4. The van der Waals surface area contributed by atoms with Crippen molar-refractivity contribution in [1.29, 1.82) is 0 Å². The summed E-state index contributed by atoms with van der Waals surface area (Å²) in [4.78, 5) is 40.6. The number of hydrogen-bond donors (Lipinski definition) is 7. The topological polar surface area (TPSA) is 194 Å². The van der Waals surface area contributed by atoms with Crippen LogP contribution in [-0.2, 0) is 14.4 Å². The molecule has 1 amide bonds. The van der Waals surface area contributed by atoms with Crippen LogP contribution in [0, 0.1) is 24.2 Å². The number of primary amides is 1. The number of nitrogens with two attached hydrogens (primary N) is 1. The first-order valence-corrected chi connectivity index (χ1v) is 14.1. The summed E-state index contributed by atoms with van der Waals surface area (Å²) in [5, 5.41) is 60.2. The number of aliphatic hydroxyl groups excluding tert-OH is 3. The Morgan fingerprint density at radius 1 is 1.12 bits per heavy atom. The van der Waals surface area contributed by atoms with E-state index in [1.165, 1.54) is 31.8 Å². The summed E-state index contributed by atoms with van der Waals surface area (Å²) in [5.74, 6) is -7.76. The van der Waals surface area contributed by atoms with E-state index in [2.05, 4.69) is 12.2 Å². The van der Waals surface area contributed by atoms with Gasteiger partial charge in [-0.1, -0.05) is 25.8 Å². The van der Waals surface area contributed by atoms with Crippen LogP contribution in [0.2, 0.25) is 0 Å². The lowest BCUT2D eigenvalue weighted by Gasteiger charge is -2.52. The molecule has 0 bridgehead atoms. The van der Waals surface area contributed by atoms with Gasteiger partial charge in [-0.2, -0.15) is 0 Å². The Hall–Kier alpha value is -3.41. The first kappa shape index (κ1) is 29.1. The first-order valence-electron chi connectivity index (χ1n) is 14.1. The molecular weight excluding hydrogens is 530 g/mol. The fraction of sp³-hybridized carbons (Fsp3) is 0.533. The molecule has 0 unspecified atom stereocenters. The molecule has 1 radical (unpaired) electrons. The molecule has 2 fully saturated rings. The number of rotatable bonds is 6. The molecule has 1 aromatic carbocycles. The van der Waals surface area contributed by atoms with E-state index in [1.54, 1.807) is 12.1 Å². The van der Waals surface area contributed by atoms with Crippen molar-refractivity contribution in [3.8, 4) is 5.75 Å². The number of phenolic OH excluding ortho intramolecular Hbond substituents is 1. The highest BCUT2D eigenvalue weighted by Gasteiger charge is 2.67. The van der Waals surface area contributed by atoms with Crippen LogP contribution in [0.15, 0.2) is 29.0 Å². The molecule has 41 heavy (non-hydrogen) atoms. The number of phenols is 1. The predicted octanol–water partition coefficient (Wildman–Crippen LogP) is 1.72. The number of carbonyl (C=O) groups excluding carboxylic acids is 3. The van der Waals surface area contributed by atoms with Crippen molar-refractivity contribution in [2.75, 3.05) is 19.4 Å². The van der Waals surface area contributed by atoms with Gasteiger partial charge in [-0.25, -0.2) is 0 Å².